The minimum atomic E-state index is 0.0772. The second kappa shape index (κ2) is 3.08. The maximum Gasteiger partial charge on any atom is 0.179 e. The standard InChI is InChI=1S/C7H9N3/c8-4-7-2-1-3-10(5-7)6-9/h7H,1-3,5H2. The fourth-order valence-electron chi connectivity index (χ4n) is 1.17. The largest absolute Gasteiger partial charge is 0.309 e. The maximum atomic E-state index is 8.52. The smallest absolute Gasteiger partial charge is 0.179 e. The highest BCUT2D eigenvalue weighted by Gasteiger charge is 2.17. The summed E-state index contributed by atoms with van der Waals surface area (Å²) in [6, 6.07) is 2.18. The Balaban J connectivity index is 2.43. The lowest BCUT2D eigenvalue weighted by Gasteiger charge is -2.23. The van der Waals surface area contributed by atoms with Crippen LogP contribution in [0.4, 0.5) is 0 Å². The van der Waals surface area contributed by atoms with E-state index in [1.807, 2.05) is 0 Å². The Kier molecular flexibility index (Phi) is 2.12. The summed E-state index contributed by atoms with van der Waals surface area (Å²) in [7, 11) is 0. The molecular formula is C7H9N3. The average Bonchev–Trinajstić information content (AvgIpc) is 2.05. The van der Waals surface area contributed by atoms with E-state index in [9.17, 15) is 0 Å². The molecule has 0 bridgehead atoms. The monoisotopic (exact) mass is 135 g/mol. The SMILES string of the molecule is N#CC1CCCN(C#N)C1. The third kappa shape index (κ3) is 1.39. The summed E-state index contributed by atoms with van der Waals surface area (Å²) in [5.41, 5.74) is 0. The molecule has 10 heavy (non-hydrogen) atoms. The average molecular weight is 135 g/mol. The van der Waals surface area contributed by atoms with Crippen molar-refractivity contribution in [1.82, 2.24) is 4.90 Å². The van der Waals surface area contributed by atoms with Crippen LogP contribution in [-0.2, 0) is 0 Å². The van der Waals surface area contributed by atoms with E-state index in [2.05, 4.69) is 12.3 Å². The first-order chi connectivity index (χ1) is 4.86. The van der Waals surface area contributed by atoms with Crippen molar-refractivity contribution in [3.8, 4) is 12.3 Å². The predicted octanol–water partition coefficient (Wildman–Crippen LogP) is 0.703. The Morgan fingerprint density at radius 3 is 2.80 bits per heavy atom. The summed E-state index contributed by atoms with van der Waals surface area (Å²) in [4.78, 5) is 1.65. The van der Waals surface area contributed by atoms with Gasteiger partial charge in [0.2, 0.25) is 0 Å². The second-order valence-electron chi connectivity index (χ2n) is 2.51. The van der Waals surface area contributed by atoms with Gasteiger partial charge in [0.1, 0.15) is 0 Å². The summed E-state index contributed by atoms with van der Waals surface area (Å²) in [5, 5.41) is 17.0. The molecule has 3 nitrogen and oxygen atoms in total. The molecule has 0 aliphatic carbocycles. The van der Waals surface area contributed by atoms with Gasteiger partial charge in [0, 0.05) is 13.1 Å². The molecule has 0 aromatic carbocycles. The molecule has 0 N–H and O–H groups in total. The van der Waals surface area contributed by atoms with Crippen LogP contribution in [0, 0.1) is 28.7 Å². The number of nitriles is 2. The van der Waals surface area contributed by atoms with Crippen LogP contribution in [0.2, 0.25) is 0 Å². The maximum absolute atomic E-state index is 8.52. The van der Waals surface area contributed by atoms with Crippen molar-refractivity contribution in [3.05, 3.63) is 0 Å². The van der Waals surface area contributed by atoms with Gasteiger partial charge < -0.3 is 4.90 Å². The van der Waals surface area contributed by atoms with Gasteiger partial charge in [0.25, 0.3) is 0 Å². The topological polar surface area (TPSA) is 50.8 Å². The van der Waals surface area contributed by atoms with Crippen LogP contribution in [0.3, 0.4) is 0 Å². The van der Waals surface area contributed by atoms with Crippen LogP contribution >= 0.6 is 0 Å². The third-order valence-electron chi connectivity index (χ3n) is 1.75. The number of piperidine rings is 1. The van der Waals surface area contributed by atoms with Crippen LogP contribution in [-0.4, -0.2) is 18.0 Å². The highest BCUT2D eigenvalue weighted by Crippen LogP contribution is 2.13. The lowest BCUT2D eigenvalue weighted by Crippen LogP contribution is -2.30. The molecule has 52 valence electrons. The zero-order valence-corrected chi connectivity index (χ0v) is 5.75. The molecule has 0 amide bonds. The predicted molar refractivity (Wildman–Crippen MR) is 35.5 cm³/mol. The first-order valence-corrected chi connectivity index (χ1v) is 3.41. The van der Waals surface area contributed by atoms with Crippen LogP contribution in [0.1, 0.15) is 12.8 Å². The Morgan fingerprint density at radius 1 is 1.40 bits per heavy atom. The molecule has 1 fully saturated rings. The van der Waals surface area contributed by atoms with Crippen molar-refractivity contribution < 1.29 is 0 Å². The van der Waals surface area contributed by atoms with E-state index in [0.717, 1.165) is 19.4 Å². The van der Waals surface area contributed by atoms with Crippen molar-refractivity contribution in [2.24, 2.45) is 5.92 Å². The van der Waals surface area contributed by atoms with Crippen LogP contribution in [0.25, 0.3) is 0 Å². The fraction of sp³-hybridized carbons (Fsp3) is 0.714. The van der Waals surface area contributed by atoms with Gasteiger partial charge >= 0.3 is 0 Å². The van der Waals surface area contributed by atoms with E-state index < -0.39 is 0 Å². The van der Waals surface area contributed by atoms with Gasteiger partial charge in [0.05, 0.1) is 12.0 Å². The second-order valence-corrected chi connectivity index (χ2v) is 2.51. The third-order valence-corrected chi connectivity index (χ3v) is 1.75. The molecule has 1 unspecified atom stereocenters. The summed E-state index contributed by atoms with van der Waals surface area (Å²) in [6.45, 7) is 1.46. The van der Waals surface area contributed by atoms with E-state index >= 15 is 0 Å². The molecule has 0 spiro atoms. The first kappa shape index (κ1) is 6.89. The Morgan fingerprint density at radius 2 is 2.20 bits per heavy atom. The van der Waals surface area contributed by atoms with Crippen LogP contribution in [0.15, 0.2) is 0 Å². The number of rotatable bonds is 0. The molecule has 0 saturated carbocycles. The van der Waals surface area contributed by atoms with E-state index in [-0.39, 0.29) is 5.92 Å². The molecule has 0 aromatic rings. The van der Waals surface area contributed by atoms with Gasteiger partial charge in [0.15, 0.2) is 6.19 Å². The zero-order chi connectivity index (χ0) is 7.40. The van der Waals surface area contributed by atoms with E-state index in [4.69, 9.17) is 10.5 Å². The highest BCUT2D eigenvalue weighted by molar-refractivity contribution is 4.91. The minimum Gasteiger partial charge on any atom is -0.309 e. The van der Waals surface area contributed by atoms with Crippen molar-refractivity contribution in [2.45, 2.75) is 12.8 Å². The molecule has 1 atom stereocenters. The van der Waals surface area contributed by atoms with Gasteiger partial charge in [-0.05, 0) is 12.8 Å². The molecule has 1 aliphatic rings. The van der Waals surface area contributed by atoms with Crippen molar-refractivity contribution >= 4 is 0 Å². The van der Waals surface area contributed by atoms with Gasteiger partial charge in [-0.3, -0.25) is 0 Å². The molecule has 0 aromatic heterocycles. The summed E-state index contributed by atoms with van der Waals surface area (Å²) < 4.78 is 0. The lowest BCUT2D eigenvalue weighted by atomic mass is 10.0. The Labute approximate surface area is 60.5 Å². The molecule has 1 rings (SSSR count). The summed E-state index contributed by atoms with van der Waals surface area (Å²) >= 11 is 0. The molecule has 3 heteroatoms. The number of hydrogen-bond donors (Lipinski definition) is 0. The number of nitrogens with zero attached hydrogens (tertiary/aromatic N) is 3. The van der Waals surface area contributed by atoms with Gasteiger partial charge in [-0.25, -0.2) is 0 Å². The van der Waals surface area contributed by atoms with E-state index in [1.165, 1.54) is 0 Å². The zero-order valence-electron chi connectivity index (χ0n) is 5.75. The summed E-state index contributed by atoms with van der Waals surface area (Å²) in [5.74, 6) is 0.0772. The fourth-order valence-corrected chi connectivity index (χ4v) is 1.17. The van der Waals surface area contributed by atoms with Crippen LogP contribution in [0.5, 0.6) is 0 Å². The molecule has 0 radical (unpaired) electrons. The summed E-state index contributed by atoms with van der Waals surface area (Å²) in [6.07, 6.45) is 3.98. The normalized spacial score (nSPS) is 25.0. The van der Waals surface area contributed by atoms with Gasteiger partial charge in [-0.1, -0.05) is 0 Å². The minimum absolute atomic E-state index is 0.0772. The van der Waals surface area contributed by atoms with Crippen molar-refractivity contribution in [3.63, 3.8) is 0 Å². The lowest BCUT2D eigenvalue weighted by molar-refractivity contribution is 0.280. The molecule has 1 heterocycles. The Bertz CT molecular complexity index is 166. The van der Waals surface area contributed by atoms with Crippen molar-refractivity contribution in [2.75, 3.05) is 13.1 Å². The van der Waals surface area contributed by atoms with E-state index in [0.29, 0.717) is 6.54 Å². The van der Waals surface area contributed by atoms with Crippen molar-refractivity contribution in [1.29, 1.82) is 10.5 Å². The molecular weight excluding hydrogens is 126 g/mol. The van der Waals surface area contributed by atoms with E-state index in [1.54, 1.807) is 4.90 Å². The number of hydrogen-bond acceptors (Lipinski definition) is 3. The molecule has 1 aliphatic heterocycles. The Hall–Kier alpha value is -1.22. The quantitative estimate of drug-likeness (QED) is 0.459. The highest BCUT2D eigenvalue weighted by atomic mass is 15.1. The number of likely N-dealkylation sites (tertiary alicyclic amines) is 1. The van der Waals surface area contributed by atoms with Gasteiger partial charge in [-0.2, -0.15) is 10.5 Å². The van der Waals surface area contributed by atoms with Crippen LogP contribution < -0.4 is 0 Å². The molecule has 1 saturated heterocycles. The van der Waals surface area contributed by atoms with Gasteiger partial charge in [-0.15, -0.1) is 0 Å². The first-order valence-electron chi connectivity index (χ1n) is 3.41.